The van der Waals surface area contributed by atoms with Crippen LogP contribution < -0.4 is 10.1 Å². The van der Waals surface area contributed by atoms with Crippen LogP contribution in [0.2, 0.25) is 0 Å². The number of aromatic nitrogens is 3. The van der Waals surface area contributed by atoms with Crippen LogP contribution in [-0.4, -0.2) is 33.0 Å². The molecular weight excluding hydrogens is 384 g/mol. The normalized spacial score (nSPS) is 11.8. The van der Waals surface area contributed by atoms with Crippen molar-refractivity contribution in [1.82, 2.24) is 20.1 Å². The van der Waals surface area contributed by atoms with Crippen LogP contribution in [0.5, 0.6) is 5.75 Å². The Morgan fingerprint density at radius 1 is 1.10 bits per heavy atom. The maximum absolute atomic E-state index is 12.5. The Balaban J connectivity index is 1.59. The number of nitrogens with zero attached hydrogens (tertiary/aromatic N) is 3. The van der Waals surface area contributed by atoms with Gasteiger partial charge in [-0.15, -0.1) is 10.2 Å². The number of carbonyl (C=O) groups excluding carboxylic acids is 1. The van der Waals surface area contributed by atoms with E-state index in [0.29, 0.717) is 6.54 Å². The Morgan fingerprint density at radius 2 is 1.83 bits per heavy atom. The zero-order chi connectivity index (χ0) is 20.6. The van der Waals surface area contributed by atoms with E-state index in [4.69, 9.17) is 4.74 Å². The summed E-state index contributed by atoms with van der Waals surface area (Å²) in [6.07, 6.45) is 0.723. The molecule has 0 spiro atoms. The molecular formula is C22H26N4O2S. The monoisotopic (exact) mass is 410 g/mol. The lowest BCUT2D eigenvalue weighted by Gasteiger charge is -2.13. The molecule has 6 nitrogen and oxygen atoms in total. The van der Waals surface area contributed by atoms with Gasteiger partial charge in [-0.25, -0.2) is 0 Å². The minimum Gasteiger partial charge on any atom is -0.497 e. The number of hydrogen-bond donors (Lipinski definition) is 1. The Labute approximate surface area is 175 Å². The molecule has 1 aromatic heterocycles. The Hall–Kier alpha value is -2.80. The van der Waals surface area contributed by atoms with Crippen LogP contribution in [-0.2, 0) is 24.3 Å². The molecule has 7 heteroatoms. The fourth-order valence-corrected chi connectivity index (χ4v) is 3.88. The third-order valence-electron chi connectivity index (χ3n) is 4.59. The second-order valence-electron chi connectivity index (χ2n) is 6.63. The molecule has 3 aromatic rings. The van der Waals surface area contributed by atoms with Gasteiger partial charge in [-0.1, -0.05) is 54.2 Å². The molecule has 0 saturated heterocycles. The smallest absolute Gasteiger partial charge is 0.233 e. The van der Waals surface area contributed by atoms with Gasteiger partial charge >= 0.3 is 0 Å². The van der Waals surface area contributed by atoms with E-state index in [9.17, 15) is 4.79 Å². The summed E-state index contributed by atoms with van der Waals surface area (Å²) in [7, 11) is 1.63. The minimum absolute atomic E-state index is 0.0268. The zero-order valence-electron chi connectivity index (χ0n) is 17.0. The summed E-state index contributed by atoms with van der Waals surface area (Å²) < 4.78 is 7.23. The predicted molar refractivity (Wildman–Crippen MR) is 115 cm³/mol. The highest BCUT2D eigenvalue weighted by atomic mass is 32.2. The highest BCUT2D eigenvalue weighted by Gasteiger charge is 2.19. The van der Waals surface area contributed by atoms with Crippen LogP contribution in [0.4, 0.5) is 0 Å². The summed E-state index contributed by atoms with van der Waals surface area (Å²) in [4.78, 5) is 12.5. The van der Waals surface area contributed by atoms with Crippen LogP contribution in [0.15, 0.2) is 59.8 Å². The molecule has 0 aliphatic rings. The minimum atomic E-state index is -0.271. The summed E-state index contributed by atoms with van der Waals surface area (Å²) in [6.45, 7) is 5.20. The van der Waals surface area contributed by atoms with Crippen molar-refractivity contribution in [2.24, 2.45) is 0 Å². The van der Waals surface area contributed by atoms with Crippen molar-refractivity contribution >= 4 is 17.7 Å². The van der Waals surface area contributed by atoms with Gasteiger partial charge < -0.3 is 14.6 Å². The van der Waals surface area contributed by atoms with Crippen LogP contribution >= 0.6 is 11.8 Å². The van der Waals surface area contributed by atoms with Crippen molar-refractivity contribution in [1.29, 1.82) is 0 Å². The molecule has 0 aliphatic carbocycles. The molecule has 1 heterocycles. The number of benzene rings is 2. The van der Waals surface area contributed by atoms with Crippen LogP contribution in [0.1, 0.15) is 30.8 Å². The lowest BCUT2D eigenvalue weighted by Crippen LogP contribution is -2.30. The topological polar surface area (TPSA) is 69.0 Å². The molecule has 1 N–H and O–H groups in total. The predicted octanol–water partition coefficient (Wildman–Crippen LogP) is 3.69. The van der Waals surface area contributed by atoms with Gasteiger partial charge in [0, 0.05) is 19.5 Å². The first kappa shape index (κ1) is 20.9. The van der Waals surface area contributed by atoms with E-state index in [1.54, 1.807) is 7.11 Å². The Kier molecular flexibility index (Phi) is 7.30. The summed E-state index contributed by atoms with van der Waals surface area (Å²) in [5.41, 5.74) is 2.22. The van der Waals surface area contributed by atoms with E-state index in [0.717, 1.165) is 35.3 Å². The number of hydrogen-bond acceptors (Lipinski definition) is 5. The fourth-order valence-electron chi connectivity index (χ4n) is 2.92. The molecule has 3 rings (SSSR count). The average molecular weight is 411 g/mol. The number of ether oxygens (including phenoxy) is 1. The Morgan fingerprint density at radius 3 is 2.48 bits per heavy atom. The number of rotatable bonds is 9. The fraction of sp³-hybridized carbons (Fsp3) is 0.318. The van der Waals surface area contributed by atoms with E-state index in [-0.39, 0.29) is 11.2 Å². The van der Waals surface area contributed by atoms with Crippen LogP contribution in [0, 0.1) is 0 Å². The average Bonchev–Trinajstić information content (AvgIpc) is 3.13. The molecule has 0 radical (unpaired) electrons. The summed E-state index contributed by atoms with van der Waals surface area (Å²) >= 11 is 1.43. The van der Waals surface area contributed by atoms with Crippen molar-refractivity contribution in [3.05, 3.63) is 71.5 Å². The first-order valence-electron chi connectivity index (χ1n) is 9.64. The Bertz CT molecular complexity index is 926. The van der Waals surface area contributed by atoms with Crippen molar-refractivity contribution in [3.63, 3.8) is 0 Å². The lowest BCUT2D eigenvalue weighted by atomic mass is 10.1. The van der Waals surface area contributed by atoms with Crippen molar-refractivity contribution in [2.75, 3.05) is 7.11 Å². The second kappa shape index (κ2) is 10.1. The van der Waals surface area contributed by atoms with E-state index >= 15 is 0 Å². The highest BCUT2D eigenvalue weighted by molar-refractivity contribution is 8.00. The van der Waals surface area contributed by atoms with Gasteiger partial charge in [0.2, 0.25) is 5.91 Å². The number of methoxy groups -OCH3 is 1. The number of carbonyl (C=O) groups is 1. The molecule has 29 heavy (non-hydrogen) atoms. The van der Waals surface area contributed by atoms with E-state index < -0.39 is 0 Å². The van der Waals surface area contributed by atoms with Gasteiger partial charge in [-0.3, -0.25) is 4.79 Å². The zero-order valence-corrected chi connectivity index (χ0v) is 17.8. The quantitative estimate of drug-likeness (QED) is 0.545. The maximum atomic E-state index is 12.5. The van der Waals surface area contributed by atoms with E-state index in [1.807, 2.05) is 49.4 Å². The van der Waals surface area contributed by atoms with Crippen molar-refractivity contribution in [2.45, 2.75) is 43.8 Å². The lowest BCUT2D eigenvalue weighted by molar-refractivity contribution is -0.120. The molecule has 0 saturated carbocycles. The molecule has 152 valence electrons. The van der Waals surface area contributed by atoms with Gasteiger partial charge in [-0.2, -0.15) is 0 Å². The molecule has 2 aromatic carbocycles. The molecule has 0 bridgehead atoms. The van der Waals surface area contributed by atoms with Crippen LogP contribution in [0.3, 0.4) is 0 Å². The second-order valence-corrected chi connectivity index (χ2v) is 7.94. The third kappa shape index (κ3) is 5.60. The third-order valence-corrected chi connectivity index (χ3v) is 5.67. The molecule has 0 aliphatic heterocycles. The van der Waals surface area contributed by atoms with Gasteiger partial charge in [0.05, 0.1) is 12.4 Å². The number of thioether (sulfide) groups is 1. The van der Waals surface area contributed by atoms with E-state index in [1.165, 1.54) is 17.3 Å². The first-order valence-corrected chi connectivity index (χ1v) is 10.5. The van der Waals surface area contributed by atoms with Crippen molar-refractivity contribution in [3.8, 4) is 5.75 Å². The van der Waals surface area contributed by atoms with Gasteiger partial charge in [0.15, 0.2) is 5.16 Å². The first-order chi connectivity index (χ1) is 14.1. The molecule has 1 amide bonds. The summed E-state index contributed by atoms with van der Waals surface area (Å²) in [5.74, 6) is 1.68. The van der Waals surface area contributed by atoms with Gasteiger partial charge in [0.25, 0.3) is 0 Å². The van der Waals surface area contributed by atoms with Crippen molar-refractivity contribution < 1.29 is 9.53 Å². The van der Waals surface area contributed by atoms with Crippen LogP contribution in [0.25, 0.3) is 0 Å². The van der Waals surface area contributed by atoms with E-state index in [2.05, 4.69) is 39.1 Å². The SMILES string of the molecule is CCn1c(Cc2ccccc2)nnc1SC(C)C(=O)NCc1ccc(OC)cc1. The largest absolute Gasteiger partial charge is 0.497 e. The highest BCUT2D eigenvalue weighted by Crippen LogP contribution is 2.23. The number of amides is 1. The molecule has 1 unspecified atom stereocenters. The molecule has 0 fully saturated rings. The number of nitrogens with one attached hydrogen (secondary N) is 1. The summed E-state index contributed by atoms with van der Waals surface area (Å²) in [6, 6.07) is 17.9. The standard InChI is InChI=1S/C22H26N4O2S/c1-4-26-20(14-17-8-6-5-7-9-17)24-25-22(26)29-16(2)21(27)23-15-18-10-12-19(28-3)13-11-18/h5-13,16H,4,14-15H2,1-3H3,(H,23,27). The van der Waals surface area contributed by atoms with Gasteiger partial charge in [-0.05, 0) is 37.1 Å². The van der Waals surface area contributed by atoms with Gasteiger partial charge in [0.1, 0.15) is 11.6 Å². The maximum Gasteiger partial charge on any atom is 0.233 e. The summed E-state index contributed by atoms with van der Waals surface area (Å²) in [5, 5.41) is 12.2. The molecule has 1 atom stereocenters.